The fraction of sp³-hybridized carbons (Fsp3) is 0.579. The fourth-order valence-electron chi connectivity index (χ4n) is 3.47. The van der Waals surface area contributed by atoms with E-state index in [0.29, 0.717) is 39.2 Å². The highest BCUT2D eigenvalue weighted by Gasteiger charge is 2.37. The molecular formula is C19H26N2O4. The molecule has 2 amide bonds. The molecule has 0 saturated carbocycles. The summed E-state index contributed by atoms with van der Waals surface area (Å²) in [4.78, 5) is 28.7. The first-order chi connectivity index (χ1) is 12.1. The maximum atomic E-state index is 12.8. The quantitative estimate of drug-likeness (QED) is 0.814. The SMILES string of the molecule is CCC1CN(C(=O)C2CC(=O)N(Cc3ccc(OC)cc3)C2)CCO1. The van der Waals surface area contributed by atoms with Gasteiger partial charge in [-0.3, -0.25) is 9.59 Å². The second-order valence-electron chi connectivity index (χ2n) is 6.71. The van der Waals surface area contributed by atoms with Crippen molar-refractivity contribution < 1.29 is 19.1 Å². The summed E-state index contributed by atoms with van der Waals surface area (Å²) in [5.74, 6) is 0.700. The molecule has 1 aromatic rings. The largest absolute Gasteiger partial charge is 0.497 e. The van der Waals surface area contributed by atoms with Crippen LogP contribution in [0, 0.1) is 5.92 Å². The summed E-state index contributed by atoms with van der Waals surface area (Å²) >= 11 is 0. The van der Waals surface area contributed by atoms with Crippen LogP contribution in [0.2, 0.25) is 0 Å². The molecule has 2 saturated heterocycles. The first-order valence-electron chi connectivity index (χ1n) is 8.91. The standard InChI is InChI=1S/C19H26N2O4/c1-3-16-13-20(8-9-25-16)19(23)15-10-18(22)21(12-15)11-14-4-6-17(24-2)7-5-14/h4-7,15-16H,3,8-13H2,1-2H3. The molecule has 2 fully saturated rings. The predicted molar refractivity (Wildman–Crippen MR) is 93.1 cm³/mol. The van der Waals surface area contributed by atoms with Gasteiger partial charge in [-0.1, -0.05) is 19.1 Å². The average molecular weight is 346 g/mol. The third-order valence-corrected chi connectivity index (χ3v) is 5.00. The molecular weight excluding hydrogens is 320 g/mol. The number of nitrogens with zero attached hydrogens (tertiary/aromatic N) is 2. The van der Waals surface area contributed by atoms with Crippen molar-refractivity contribution in [3.05, 3.63) is 29.8 Å². The molecule has 0 aliphatic carbocycles. The van der Waals surface area contributed by atoms with E-state index in [9.17, 15) is 9.59 Å². The van der Waals surface area contributed by atoms with Crippen LogP contribution >= 0.6 is 0 Å². The van der Waals surface area contributed by atoms with E-state index in [2.05, 4.69) is 6.92 Å². The maximum Gasteiger partial charge on any atom is 0.228 e. The lowest BCUT2D eigenvalue weighted by Gasteiger charge is -2.34. The highest BCUT2D eigenvalue weighted by Crippen LogP contribution is 2.24. The van der Waals surface area contributed by atoms with Crippen LogP contribution in [0.3, 0.4) is 0 Å². The molecule has 1 aromatic carbocycles. The molecule has 0 spiro atoms. The van der Waals surface area contributed by atoms with Crippen LogP contribution in [0.25, 0.3) is 0 Å². The van der Waals surface area contributed by atoms with E-state index in [-0.39, 0.29) is 23.8 Å². The lowest BCUT2D eigenvalue weighted by molar-refractivity contribution is -0.143. The average Bonchev–Trinajstić information content (AvgIpc) is 3.02. The molecule has 0 aromatic heterocycles. The minimum atomic E-state index is -0.235. The lowest BCUT2D eigenvalue weighted by Crippen LogP contribution is -2.48. The van der Waals surface area contributed by atoms with Crippen LogP contribution in [-0.2, 0) is 20.9 Å². The number of carbonyl (C=O) groups is 2. The van der Waals surface area contributed by atoms with E-state index in [1.807, 2.05) is 29.2 Å². The fourth-order valence-corrected chi connectivity index (χ4v) is 3.47. The zero-order valence-electron chi connectivity index (χ0n) is 14.9. The molecule has 2 heterocycles. The van der Waals surface area contributed by atoms with Gasteiger partial charge in [0.05, 0.1) is 25.7 Å². The molecule has 2 aliphatic heterocycles. The van der Waals surface area contributed by atoms with Crippen molar-refractivity contribution in [2.45, 2.75) is 32.4 Å². The smallest absolute Gasteiger partial charge is 0.228 e. The first-order valence-corrected chi connectivity index (χ1v) is 8.91. The Morgan fingerprint density at radius 1 is 1.28 bits per heavy atom. The van der Waals surface area contributed by atoms with E-state index in [0.717, 1.165) is 17.7 Å². The Bertz CT molecular complexity index is 616. The second-order valence-corrected chi connectivity index (χ2v) is 6.71. The Balaban J connectivity index is 1.58. The normalized spacial score (nSPS) is 23.8. The number of ether oxygens (including phenoxy) is 2. The zero-order chi connectivity index (χ0) is 17.8. The van der Waals surface area contributed by atoms with Crippen molar-refractivity contribution in [2.75, 3.05) is 33.4 Å². The molecule has 0 radical (unpaired) electrons. The number of likely N-dealkylation sites (tertiary alicyclic amines) is 1. The van der Waals surface area contributed by atoms with Crippen LogP contribution in [0.15, 0.2) is 24.3 Å². The van der Waals surface area contributed by atoms with Gasteiger partial charge in [0.2, 0.25) is 11.8 Å². The van der Waals surface area contributed by atoms with Gasteiger partial charge in [-0.15, -0.1) is 0 Å². The highest BCUT2D eigenvalue weighted by molar-refractivity contribution is 5.89. The Morgan fingerprint density at radius 3 is 2.72 bits per heavy atom. The molecule has 6 nitrogen and oxygen atoms in total. The van der Waals surface area contributed by atoms with Crippen LogP contribution in [0.1, 0.15) is 25.3 Å². The van der Waals surface area contributed by atoms with E-state index in [1.165, 1.54) is 0 Å². The number of rotatable bonds is 5. The number of methoxy groups -OCH3 is 1. The predicted octanol–water partition coefficient (Wildman–Crippen LogP) is 1.68. The van der Waals surface area contributed by atoms with E-state index < -0.39 is 0 Å². The molecule has 25 heavy (non-hydrogen) atoms. The molecule has 2 aliphatic rings. The number of benzene rings is 1. The monoisotopic (exact) mass is 346 g/mol. The third kappa shape index (κ3) is 4.12. The highest BCUT2D eigenvalue weighted by atomic mass is 16.5. The molecule has 6 heteroatoms. The number of hydrogen-bond acceptors (Lipinski definition) is 4. The molecule has 2 unspecified atom stereocenters. The number of morpholine rings is 1. The second kappa shape index (κ2) is 7.87. The summed E-state index contributed by atoms with van der Waals surface area (Å²) in [5.41, 5.74) is 1.04. The summed E-state index contributed by atoms with van der Waals surface area (Å²) in [7, 11) is 1.63. The number of hydrogen-bond donors (Lipinski definition) is 0. The van der Waals surface area contributed by atoms with Crippen LogP contribution in [0.4, 0.5) is 0 Å². The molecule has 0 N–H and O–H groups in total. The Labute approximate surface area is 148 Å². The summed E-state index contributed by atoms with van der Waals surface area (Å²) in [6.07, 6.45) is 1.32. The van der Waals surface area contributed by atoms with Crippen molar-refractivity contribution in [3.63, 3.8) is 0 Å². The first kappa shape index (κ1) is 17.7. The Kier molecular flexibility index (Phi) is 5.58. The Morgan fingerprint density at radius 2 is 2.04 bits per heavy atom. The van der Waals surface area contributed by atoms with Gasteiger partial charge in [0, 0.05) is 32.6 Å². The maximum absolute atomic E-state index is 12.8. The van der Waals surface area contributed by atoms with E-state index in [1.54, 1.807) is 12.0 Å². The Hall–Kier alpha value is -2.08. The van der Waals surface area contributed by atoms with Gasteiger partial charge in [0.25, 0.3) is 0 Å². The summed E-state index contributed by atoms with van der Waals surface area (Å²) in [5, 5.41) is 0. The topological polar surface area (TPSA) is 59.1 Å². The van der Waals surface area contributed by atoms with Crippen molar-refractivity contribution in [1.82, 2.24) is 9.80 Å². The minimum Gasteiger partial charge on any atom is -0.497 e. The zero-order valence-corrected chi connectivity index (χ0v) is 14.9. The molecule has 136 valence electrons. The van der Waals surface area contributed by atoms with Gasteiger partial charge >= 0.3 is 0 Å². The molecule has 0 bridgehead atoms. The minimum absolute atomic E-state index is 0.0504. The van der Waals surface area contributed by atoms with Crippen molar-refractivity contribution in [1.29, 1.82) is 0 Å². The van der Waals surface area contributed by atoms with Gasteiger partial charge in [-0.05, 0) is 24.1 Å². The van der Waals surface area contributed by atoms with Gasteiger partial charge < -0.3 is 19.3 Å². The van der Waals surface area contributed by atoms with Crippen LogP contribution < -0.4 is 4.74 Å². The summed E-state index contributed by atoms with van der Waals surface area (Å²) in [6.45, 7) is 4.94. The number of amides is 2. The van der Waals surface area contributed by atoms with Gasteiger partial charge in [-0.25, -0.2) is 0 Å². The van der Waals surface area contributed by atoms with Crippen molar-refractivity contribution in [2.24, 2.45) is 5.92 Å². The molecule has 3 rings (SSSR count). The summed E-state index contributed by atoms with van der Waals surface area (Å²) < 4.78 is 10.8. The van der Waals surface area contributed by atoms with Gasteiger partial charge in [0.15, 0.2) is 0 Å². The number of carbonyl (C=O) groups excluding carboxylic acids is 2. The molecule has 2 atom stereocenters. The lowest BCUT2D eigenvalue weighted by atomic mass is 10.1. The van der Waals surface area contributed by atoms with E-state index in [4.69, 9.17) is 9.47 Å². The van der Waals surface area contributed by atoms with Gasteiger partial charge in [0.1, 0.15) is 5.75 Å². The van der Waals surface area contributed by atoms with E-state index >= 15 is 0 Å². The van der Waals surface area contributed by atoms with Crippen LogP contribution in [-0.4, -0.2) is 61.1 Å². The van der Waals surface area contributed by atoms with Crippen molar-refractivity contribution >= 4 is 11.8 Å². The third-order valence-electron chi connectivity index (χ3n) is 5.00. The van der Waals surface area contributed by atoms with Gasteiger partial charge in [-0.2, -0.15) is 0 Å². The van der Waals surface area contributed by atoms with Crippen LogP contribution in [0.5, 0.6) is 5.75 Å². The van der Waals surface area contributed by atoms with Crippen molar-refractivity contribution in [3.8, 4) is 5.75 Å². The summed E-state index contributed by atoms with van der Waals surface area (Å²) in [6, 6.07) is 7.68.